The summed E-state index contributed by atoms with van der Waals surface area (Å²) in [6.45, 7) is -0.0488. The molecule has 1 aliphatic heterocycles. The molecule has 144 valence electrons. The van der Waals surface area contributed by atoms with Crippen LogP contribution in [0.15, 0.2) is 54.6 Å². The van der Waals surface area contributed by atoms with Crippen molar-refractivity contribution in [2.45, 2.75) is 18.5 Å². The van der Waals surface area contributed by atoms with Crippen LogP contribution < -0.4 is 10.6 Å². The second-order valence-corrected chi connectivity index (χ2v) is 7.03. The Balaban J connectivity index is 1.68. The normalized spacial score (nSPS) is 18.2. The largest absolute Gasteiger partial charge is 0.375 e. The number of hydrogen-bond acceptors (Lipinski definition) is 5. The molecule has 4 rings (SSSR count). The summed E-state index contributed by atoms with van der Waals surface area (Å²) in [4.78, 5) is 16.3. The van der Waals surface area contributed by atoms with Gasteiger partial charge < -0.3 is 10.1 Å². The maximum Gasteiger partial charge on any atom is 0.252 e. The van der Waals surface area contributed by atoms with Crippen LogP contribution >= 0.6 is 11.6 Å². The highest BCUT2D eigenvalue weighted by atomic mass is 35.5. The monoisotopic (exact) mass is 397 g/mol. The van der Waals surface area contributed by atoms with Gasteiger partial charge in [0.25, 0.3) is 11.9 Å². The zero-order chi connectivity index (χ0) is 19.5. The maximum atomic E-state index is 11.8. The zero-order valence-electron chi connectivity index (χ0n) is 15.3. The topological polar surface area (TPSA) is 81.1 Å². The third-order valence-electron chi connectivity index (χ3n) is 4.67. The second kappa shape index (κ2) is 8.00. The molecule has 0 unspecified atom stereocenters. The van der Waals surface area contributed by atoms with Crippen LogP contribution in [0.25, 0.3) is 0 Å². The van der Waals surface area contributed by atoms with E-state index in [0.29, 0.717) is 11.0 Å². The Kier molecular flexibility index (Phi) is 5.27. The van der Waals surface area contributed by atoms with E-state index in [0.717, 1.165) is 17.5 Å². The van der Waals surface area contributed by atoms with Gasteiger partial charge in [0, 0.05) is 12.1 Å². The quantitative estimate of drug-likeness (QED) is 0.686. The van der Waals surface area contributed by atoms with Crippen molar-refractivity contribution in [3.05, 3.63) is 70.7 Å². The number of carbonyl (C=O) groups is 1. The molecule has 7 nitrogen and oxygen atoms in total. The molecule has 2 aromatic carbocycles. The number of rotatable bonds is 5. The van der Waals surface area contributed by atoms with Crippen LogP contribution in [0, 0.1) is 0 Å². The summed E-state index contributed by atoms with van der Waals surface area (Å²) in [7, 11) is 1.47. The lowest BCUT2D eigenvalue weighted by atomic mass is 9.93. The van der Waals surface area contributed by atoms with E-state index in [2.05, 4.69) is 32.8 Å². The molecule has 2 heterocycles. The van der Waals surface area contributed by atoms with Crippen molar-refractivity contribution >= 4 is 29.4 Å². The minimum atomic E-state index is -0.295. The molecule has 0 saturated carbocycles. The number of amides is 1. The number of nitrogens with one attached hydrogen (secondary N) is 2. The van der Waals surface area contributed by atoms with Crippen molar-refractivity contribution in [2.24, 2.45) is 0 Å². The smallest absolute Gasteiger partial charge is 0.252 e. The molecule has 0 aliphatic carbocycles. The van der Waals surface area contributed by atoms with E-state index in [1.807, 2.05) is 47.1 Å². The molecule has 0 bridgehead atoms. The summed E-state index contributed by atoms with van der Waals surface area (Å²) in [5.74, 6) is 0.561. The van der Waals surface area contributed by atoms with Gasteiger partial charge >= 0.3 is 0 Å². The molecule has 2 N–H and O–H groups in total. The molecule has 3 aromatic rings. The molecule has 0 saturated heterocycles. The van der Waals surface area contributed by atoms with E-state index in [1.54, 1.807) is 0 Å². The lowest BCUT2D eigenvalue weighted by Crippen LogP contribution is -2.28. The van der Waals surface area contributed by atoms with Gasteiger partial charge in [-0.05, 0) is 29.7 Å². The Morgan fingerprint density at radius 2 is 1.96 bits per heavy atom. The molecule has 1 amide bonds. The van der Waals surface area contributed by atoms with E-state index < -0.39 is 0 Å². The van der Waals surface area contributed by atoms with Gasteiger partial charge in [0.2, 0.25) is 5.95 Å². The molecule has 2 atom stereocenters. The number of carbonyl (C=O) groups excluding carboxylic acids is 1. The molecule has 1 aliphatic rings. The predicted octanol–water partition coefficient (Wildman–Crippen LogP) is 3.66. The predicted molar refractivity (Wildman–Crippen MR) is 108 cm³/mol. The van der Waals surface area contributed by atoms with Gasteiger partial charge in [0.15, 0.2) is 0 Å². The Bertz CT molecular complexity index is 958. The minimum Gasteiger partial charge on any atom is -0.375 e. The third kappa shape index (κ3) is 3.85. The van der Waals surface area contributed by atoms with Gasteiger partial charge in [-0.15, -0.1) is 5.10 Å². The van der Waals surface area contributed by atoms with Crippen molar-refractivity contribution in [1.29, 1.82) is 0 Å². The van der Waals surface area contributed by atoms with Gasteiger partial charge in [0.05, 0.1) is 12.1 Å². The Hall–Kier alpha value is -2.90. The number of fused-ring (bicyclic) bond motifs is 1. The summed E-state index contributed by atoms with van der Waals surface area (Å²) in [6, 6.07) is 18.0. The van der Waals surface area contributed by atoms with Crippen LogP contribution in [-0.2, 0) is 9.53 Å². The van der Waals surface area contributed by atoms with E-state index in [-0.39, 0.29) is 30.5 Å². The van der Waals surface area contributed by atoms with Crippen LogP contribution in [0.4, 0.5) is 11.9 Å². The summed E-state index contributed by atoms with van der Waals surface area (Å²) in [6.07, 6.45) is 0.785. The molecule has 1 aromatic heterocycles. The molecular formula is C20H20ClN5O2. The van der Waals surface area contributed by atoms with E-state index in [1.165, 1.54) is 7.11 Å². The summed E-state index contributed by atoms with van der Waals surface area (Å²) in [5.41, 5.74) is 2.24. The standard InChI is InChI=1S/C20H20ClN5O2/c1-28-12-18(27)23-19-24-20-22-16(13-7-9-15(21)10-8-13)11-17(26(20)25-19)14-5-3-2-4-6-14/h2-10,16-17H,11-12H2,1H3,(H2,22,23,24,25,27)/t16-,17+/m0/s1. The van der Waals surface area contributed by atoms with Crippen LogP contribution in [0.2, 0.25) is 5.02 Å². The zero-order valence-corrected chi connectivity index (χ0v) is 16.1. The Morgan fingerprint density at radius 1 is 1.21 bits per heavy atom. The highest BCUT2D eigenvalue weighted by Crippen LogP contribution is 2.38. The van der Waals surface area contributed by atoms with Gasteiger partial charge in [-0.2, -0.15) is 4.98 Å². The first-order valence-electron chi connectivity index (χ1n) is 8.96. The molecule has 0 spiro atoms. The van der Waals surface area contributed by atoms with Crippen LogP contribution in [0.1, 0.15) is 29.6 Å². The number of halogens is 1. The van der Waals surface area contributed by atoms with Crippen LogP contribution in [0.3, 0.4) is 0 Å². The number of aromatic nitrogens is 3. The second-order valence-electron chi connectivity index (χ2n) is 6.60. The van der Waals surface area contributed by atoms with Gasteiger partial charge in [-0.3, -0.25) is 10.1 Å². The number of hydrogen-bond donors (Lipinski definition) is 2. The van der Waals surface area contributed by atoms with Crippen molar-refractivity contribution in [3.8, 4) is 0 Å². The third-order valence-corrected chi connectivity index (χ3v) is 4.92. The fourth-order valence-electron chi connectivity index (χ4n) is 3.39. The van der Waals surface area contributed by atoms with Gasteiger partial charge in [-0.25, -0.2) is 4.68 Å². The number of ether oxygens (including phenoxy) is 1. The van der Waals surface area contributed by atoms with Gasteiger partial charge in [-0.1, -0.05) is 54.1 Å². The average Bonchev–Trinajstić information content (AvgIpc) is 3.10. The average molecular weight is 398 g/mol. The highest BCUT2D eigenvalue weighted by Gasteiger charge is 2.31. The SMILES string of the molecule is COCC(=O)Nc1nc2n(n1)[C@@H](c1ccccc1)C[C@@H](c1ccc(Cl)cc1)N2. The minimum absolute atomic E-state index is 0.0151. The van der Waals surface area contributed by atoms with E-state index in [9.17, 15) is 4.79 Å². The van der Waals surface area contributed by atoms with Crippen molar-refractivity contribution in [2.75, 3.05) is 24.4 Å². The Labute approximate surface area is 167 Å². The number of methoxy groups -OCH3 is 1. The lowest BCUT2D eigenvalue weighted by molar-refractivity contribution is -0.119. The maximum absolute atomic E-state index is 11.8. The molecule has 28 heavy (non-hydrogen) atoms. The van der Waals surface area contributed by atoms with Crippen LogP contribution in [-0.4, -0.2) is 34.4 Å². The fourth-order valence-corrected chi connectivity index (χ4v) is 3.51. The van der Waals surface area contributed by atoms with Crippen molar-refractivity contribution in [3.63, 3.8) is 0 Å². The van der Waals surface area contributed by atoms with E-state index >= 15 is 0 Å². The lowest BCUT2D eigenvalue weighted by Gasteiger charge is -2.31. The van der Waals surface area contributed by atoms with Crippen LogP contribution in [0.5, 0.6) is 0 Å². The molecular weight excluding hydrogens is 378 g/mol. The van der Waals surface area contributed by atoms with E-state index in [4.69, 9.17) is 16.3 Å². The molecule has 8 heteroatoms. The number of benzene rings is 2. The highest BCUT2D eigenvalue weighted by molar-refractivity contribution is 6.30. The molecule has 0 radical (unpaired) electrons. The first kappa shape index (κ1) is 18.5. The molecule has 0 fully saturated rings. The number of anilines is 2. The summed E-state index contributed by atoms with van der Waals surface area (Å²) < 4.78 is 6.68. The summed E-state index contributed by atoms with van der Waals surface area (Å²) >= 11 is 6.04. The first-order chi connectivity index (χ1) is 13.6. The Morgan fingerprint density at radius 3 is 2.68 bits per heavy atom. The fraction of sp³-hybridized carbons (Fsp3) is 0.250. The number of nitrogens with zero attached hydrogens (tertiary/aromatic N) is 3. The first-order valence-corrected chi connectivity index (χ1v) is 9.34. The summed E-state index contributed by atoms with van der Waals surface area (Å²) in [5, 5.41) is 11.3. The van der Waals surface area contributed by atoms with Gasteiger partial charge in [0.1, 0.15) is 6.61 Å². The van der Waals surface area contributed by atoms with Crippen molar-refractivity contribution < 1.29 is 9.53 Å². The van der Waals surface area contributed by atoms with Crippen molar-refractivity contribution in [1.82, 2.24) is 14.8 Å².